The molecule has 0 radical (unpaired) electrons. The lowest BCUT2D eigenvalue weighted by Crippen LogP contribution is -2.42. The number of benzene rings is 1. The van der Waals surface area contributed by atoms with Crippen molar-refractivity contribution in [1.82, 2.24) is 4.90 Å². The third kappa shape index (κ3) is 4.67. The van der Waals surface area contributed by atoms with Crippen LogP contribution in [0.25, 0.3) is 0 Å². The molecule has 23 heavy (non-hydrogen) atoms. The molecule has 1 aromatic rings. The number of likely N-dealkylation sites (N-methyl/N-ethyl adjacent to an activating group) is 1. The molecule has 0 saturated heterocycles. The van der Waals surface area contributed by atoms with E-state index >= 15 is 0 Å². The van der Waals surface area contributed by atoms with E-state index in [4.69, 9.17) is 5.26 Å². The van der Waals surface area contributed by atoms with Crippen LogP contribution in [-0.4, -0.2) is 29.8 Å². The molecule has 0 aromatic heterocycles. The highest BCUT2D eigenvalue weighted by molar-refractivity contribution is 6.39. The molecule has 1 atom stereocenters. The van der Waals surface area contributed by atoms with E-state index in [1.54, 1.807) is 0 Å². The van der Waals surface area contributed by atoms with Crippen LogP contribution in [0.3, 0.4) is 0 Å². The second kappa shape index (κ2) is 7.09. The fourth-order valence-corrected chi connectivity index (χ4v) is 1.67. The zero-order chi connectivity index (χ0) is 17.8. The second-order valence-electron chi connectivity index (χ2n) is 4.77. The van der Waals surface area contributed by atoms with E-state index in [0.717, 1.165) is 17.0 Å². The fraction of sp³-hybridized carbons (Fsp3) is 0.357. The SMILES string of the molecule is CC(CC#N)N(C)C(=O)C(=O)Nc1ccc(F)cc1C(F)(F)F. The first kappa shape index (κ1) is 18.4. The Hall–Kier alpha value is -2.63. The molecule has 1 rings (SSSR count). The molecule has 124 valence electrons. The van der Waals surface area contributed by atoms with Gasteiger partial charge in [-0.1, -0.05) is 0 Å². The van der Waals surface area contributed by atoms with Gasteiger partial charge in [0.05, 0.1) is 23.7 Å². The van der Waals surface area contributed by atoms with Crippen molar-refractivity contribution in [1.29, 1.82) is 5.26 Å². The maximum Gasteiger partial charge on any atom is 0.418 e. The maximum absolute atomic E-state index is 13.0. The average molecular weight is 331 g/mol. The minimum absolute atomic E-state index is 0.0418. The topological polar surface area (TPSA) is 73.2 Å². The first-order valence-corrected chi connectivity index (χ1v) is 6.39. The number of halogens is 4. The number of hydrogen-bond donors (Lipinski definition) is 1. The van der Waals surface area contributed by atoms with Crippen molar-refractivity contribution in [3.05, 3.63) is 29.6 Å². The van der Waals surface area contributed by atoms with E-state index in [9.17, 15) is 27.2 Å². The molecule has 0 fully saturated rings. The van der Waals surface area contributed by atoms with Crippen LogP contribution in [-0.2, 0) is 15.8 Å². The maximum atomic E-state index is 13.0. The predicted molar refractivity (Wildman–Crippen MR) is 72.5 cm³/mol. The summed E-state index contributed by atoms with van der Waals surface area (Å²) in [6, 6.07) is 2.90. The summed E-state index contributed by atoms with van der Waals surface area (Å²) in [4.78, 5) is 24.6. The Balaban J connectivity index is 2.98. The van der Waals surface area contributed by atoms with Gasteiger partial charge in [-0.15, -0.1) is 0 Å². The lowest BCUT2D eigenvalue weighted by Gasteiger charge is -2.22. The van der Waals surface area contributed by atoms with E-state index in [1.165, 1.54) is 14.0 Å². The Labute approximate surface area is 129 Å². The molecular formula is C14H13F4N3O2. The number of carbonyl (C=O) groups excluding carboxylic acids is 2. The normalized spacial score (nSPS) is 12.2. The van der Waals surface area contributed by atoms with E-state index in [-0.39, 0.29) is 12.5 Å². The zero-order valence-corrected chi connectivity index (χ0v) is 12.2. The second-order valence-corrected chi connectivity index (χ2v) is 4.77. The number of anilines is 1. The number of amides is 2. The zero-order valence-electron chi connectivity index (χ0n) is 12.2. The van der Waals surface area contributed by atoms with Crippen molar-refractivity contribution >= 4 is 17.5 Å². The van der Waals surface area contributed by atoms with Gasteiger partial charge in [0.15, 0.2) is 0 Å². The molecule has 5 nitrogen and oxygen atoms in total. The molecule has 0 aliphatic heterocycles. The van der Waals surface area contributed by atoms with Crippen molar-refractivity contribution in [2.45, 2.75) is 25.6 Å². The van der Waals surface area contributed by atoms with Crippen molar-refractivity contribution in [3.63, 3.8) is 0 Å². The largest absolute Gasteiger partial charge is 0.418 e. The highest BCUT2D eigenvalue weighted by Crippen LogP contribution is 2.35. The van der Waals surface area contributed by atoms with Crippen LogP contribution in [0.1, 0.15) is 18.9 Å². The monoisotopic (exact) mass is 331 g/mol. The summed E-state index contributed by atoms with van der Waals surface area (Å²) in [5.74, 6) is -3.54. The van der Waals surface area contributed by atoms with Gasteiger partial charge in [0.25, 0.3) is 0 Å². The van der Waals surface area contributed by atoms with Gasteiger partial charge in [-0.05, 0) is 25.1 Å². The van der Waals surface area contributed by atoms with E-state index < -0.39 is 41.1 Å². The van der Waals surface area contributed by atoms with Crippen LogP contribution < -0.4 is 5.32 Å². The molecule has 0 bridgehead atoms. The number of rotatable bonds is 3. The highest BCUT2D eigenvalue weighted by atomic mass is 19.4. The number of nitrogens with zero attached hydrogens (tertiary/aromatic N) is 2. The van der Waals surface area contributed by atoms with Crippen molar-refractivity contribution in [2.24, 2.45) is 0 Å². The number of carbonyl (C=O) groups is 2. The first-order valence-electron chi connectivity index (χ1n) is 6.39. The Morgan fingerprint density at radius 3 is 2.52 bits per heavy atom. The Morgan fingerprint density at radius 1 is 1.39 bits per heavy atom. The third-order valence-electron chi connectivity index (χ3n) is 3.10. The summed E-state index contributed by atoms with van der Waals surface area (Å²) in [5, 5.41) is 10.4. The van der Waals surface area contributed by atoms with Crippen molar-refractivity contribution in [2.75, 3.05) is 12.4 Å². The smallest absolute Gasteiger partial charge is 0.334 e. The summed E-state index contributed by atoms with van der Waals surface area (Å²) in [6.45, 7) is 1.51. The van der Waals surface area contributed by atoms with E-state index in [1.807, 2.05) is 11.4 Å². The lowest BCUT2D eigenvalue weighted by atomic mass is 10.1. The lowest BCUT2D eigenvalue weighted by molar-refractivity contribution is -0.143. The molecule has 1 aromatic carbocycles. The number of nitriles is 1. The molecule has 0 aliphatic rings. The molecule has 1 unspecified atom stereocenters. The number of alkyl halides is 3. The first-order chi connectivity index (χ1) is 10.6. The standard InChI is InChI=1S/C14H13F4N3O2/c1-8(5-6-19)21(2)13(23)12(22)20-11-4-3-9(15)7-10(11)14(16,17)18/h3-4,7-8H,5H2,1-2H3,(H,20,22). The van der Waals surface area contributed by atoms with Crippen LogP contribution in [0.15, 0.2) is 18.2 Å². The van der Waals surface area contributed by atoms with Crippen LogP contribution >= 0.6 is 0 Å². The Bertz CT molecular complexity index is 652. The molecule has 1 N–H and O–H groups in total. The molecule has 0 heterocycles. The summed E-state index contributed by atoms with van der Waals surface area (Å²) in [5.41, 5.74) is -2.12. The van der Waals surface area contributed by atoms with Crippen LogP contribution in [0.2, 0.25) is 0 Å². The number of nitrogens with one attached hydrogen (secondary N) is 1. The quantitative estimate of drug-likeness (QED) is 0.683. The predicted octanol–water partition coefficient (Wildman–Crippen LogP) is 2.54. The van der Waals surface area contributed by atoms with Crippen LogP contribution in [0.4, 0.5) is 23.2 Å². The minimum atomic E-state index is -4.90. The van der Waals surface area contributed by atoms with Gasteiger partial charge in [-0.3, -0.25) is 9.59 Å². The summed E-state index contributed by atoms with van der Waals surface area (Å²) in [7, 11) is 1.25. The van der Waals surface area contributed by atoms with Gasteiger partial charge in [0.1, 0.15) is 5.82 Å². The third-order valence-corrected chi connectivity index (χ3v) is 3.10. The van der Waals surface area contributed by atoms with Crippen LogP contribution in [0, 0.1) is 17.1 Å². The van der Waals surface area contributed by atoms with Gasteiger partial charge in [0.2, 0.25) is 0 Å². The molecule has 2 amide bonds. The minimum Gasteiger partial charge on any atom is -0.334 e. The summed E-state index contributed by atoms with van der Waals surface area (Å²) < 4.78 is 51.4. The Kier molecular flexibility index (Phi) is 5.68. The molecule has 0 saturated carbocycles. The summed E-state index contributed by atoms with van der Waals surface area (Å²) >= 11 is 0. The molecule has 9 heteroatoms. The van der Waals surface area contributed by atoms with Gasteiger partial charge < -0.3 is 10.2 Å². The van der Waals surface area contributed by atoms with Gasteiger partial charge in [-0.2, -0.15) is 18.4 Å². The van der Waals surface area contributed by atoms with Crippen molar-refractivity contribution < 1.29 is 27.2 Å². The average Bonchev–Trinajstić information content (AvgIpc) is 2.46. The molecule has 0 aliphatic carbocycles. The van der Waals surface area contributed by atoms with Crippen molar-refractivity contribution in [3.8, 4) is 6.07 Å². The van der Waals surface area contributed by atoms with Gasteiger partial charge in [0, 0.05) is 13.1 Å². The van der Waals surface area contributed by atoms with Crippen LogP contribution in [0.5, 0.6) is 0 Å². The van der Waals surface area contributed by atoms with E-state index in [2.05, 4.69) is 0 Å². The van der Waals surface area contributed by atoms with Gasteiger partial charge >= 0.3 is 18.0 Å². The molecular weight excluding hydrogens is 318 g/mol. The Morgan fingerprint density at radius 2 is 2.00 bits per heavy atom. The fourth-order valence-electron chi connectivity index (χ4n) is 1.67. The van der Waals surface area contributed by atoms with E-state index in [0.29, 0.717) is 0 Å². The highest BCUT2D eigenvalue weighted by Gasteiger charge is 2.35. The number of hydrogen-bond acceptors (Lipinski definition) is 3. The molecule has 0 spiro atoms. The summed E-state index contributed by atoms with van der Waals surface area (Å²) in [6.07, 6.45) is -4.94. The van der Waals surface area contributed by atoms with Gasteiger partial charge in [-0.25, -0.2) is 4.39 Å².